The van der Waals surface area contributed by atoms with E-state index in [1.54, 1.807) is 13.3 Å². The molecule has 1 rings (SSSR count). The van der Waals surface area contributed by atoms with Gasteiger partial charge in [-0.25, -0.2) is 0 Å². The average Bonchev–Trinajstić information content (AvgIpc) is 2.73. The summed E-state index contributed by atoms with van der Waals surface area (Å²) in [6.45, 7) is 3.30. The van der Waals surface area contributed by atoms with Crippen LogP contribution in [0.15, 0.2) is 10.7 Å². The molecular weight excluding hydrogens is 312 g/mol. The van der Waals surface area contributed by atoms with Crippen molar-refractivity contribution in [2.75, 3.05) is 47.6 Å². The van der Waals surface area contributed by atoms with E-state index in [9.17, 15) is 0 Å². The minimum atomic E-state index is -0.198. The van der Waals surface area contributed by atoms with Crippen molar-refractivity contribution in [1.82, 2.24) is 14.7 Å². The van der Waals surface area contributed by atoms with Crippen LogP contribution in [0, 0.1) is 0 Å². The Morgan fingerprint density at radius 1 is 1.47 bits per heavy atom. The normalized spacial score (nSPS) is 13.2. The van der Waals surface area contributed by atoms with E-state index in [2.05, 4.69) is 25.9 Å². The highest BCUT2D eigenvalue weighted by Gasteiger charge is 2.16. The third kappa shape index (κ3) is 5.58. The lowest BCUT2D eigenvalue weighted by molar-refractivity contribution is 0.0624. The zero-order valence-corrected chi connectivity index (χ0v) is 13.4. The summed E-state index contributed by atoms with van der Waals surface area (Å²) in [7, 11) is 5.72. The first-order valence-electron chi connectivity index (χ1n) is 6.24. The second-order valence-corrected chi connectivity index (χ2v) is 5.43. The molecule has 1 unspecified atom stereocenters. The van der Waals surface area contributed by atoms with Crippen molar-refractivity contribution < 1.29 is 9.47 Å². The molecule has 0 aliphatic rings. The molecule has 2 N–H and O–H groups in total. The molecule has 1 aromatic heterocycles. The molecular formula is C12H23BrN4O2. The molecule has 19 heavy (non-hydrogen) atoms. The molecule has 1 atom stereocenters. The van der Waals surface area contributed by atoms with Gasteiger partial charge in [-0.15, -0.1) is 0 Å². The van der Waals surface area contributed by atoms with Crippen molar-refractivity contribution in [3.05, 3.63) is 16.4 Å². The summed E-state index contributed by atoms with van der Waals surface area (Å²) in [4.78, 5) is 2.11. The minimum Gasteiger partial charge on any atom is -0.382 e. The molecule has 6 nitrogen and oxygen atoms in total. The number of hydrogen-bond acceptors (Lipinski definition) is 5. The first-order chi connectivity index (χ1) is 9.06. The molecule has 0 saturated heterocycles. The van der Waals surface area contributed by atoms with Crippen LogP contribution in [0.4, 0.5) is 0 Å². The molecule has 0 saturated carbocycles. The van der Waals surface area contributed by atoms with Gasteiger partial charge in [0.05, 0.1) is 48.8 Å². The molecule has 7 heteroatoms. The van der Waals surface area contributed by atoms with Crippen LogP contribution in [0.3, 0.4) is 0 Å². The van der Waals surface area contributed by atoms with Crippen molar-refractivity contribution in [1.29, 1.82) is 0 Å². The summed E-state index contributed by atoms with van der Waals surface area (Å²) in [6, 6.07) is -0.198. The maximum Gasteiger partial charge on any atom is 0.0717 e. The van der Waals surface area contributed by atoms with Gasteiger partial charge in [0.25, 0.3) is 0 Å². The van der Waals surface area contributed by atoms with Crippen molar-refractivity contribution in [3.8, 4) is 0 Å². The van der Waals surface area contributed by atoms with Crippen LogP contribution in [0.25, 0.3) is 0 Å². The van der Waals surface area contributed by atoms with E-state index in [-0.39, 0.29) is 6.04 Å². The van der Waals surface area contributed by atoms with Gasteiger partial charge < -0.3 is 20.1 Å². The lowest BCUT2D eigenvalue weighted by Crippen LogP contribution is -2.25. The smallest absolute Gasteiger partial charge is 0.0717 e. The van der Waals surface area contributed by atoms with E-state index in [4.69, 9.17) is 15.2 Å². The molecule has 1 aromatic rings. The highest BCUT2D eigenvalue weighted by Crippen LogP contribution is 2.22. The van der Waals surface area contributed by atoms with Crippen LogP contribution >= 0.6 is 15.9 Å². The molecule has 0 aliphatic carbocycles. The van der Waals surface area contributed by atoms with Crippen LogP contribution in [0.5, 0.6) is 0 Å². The van der Waals surface area contributed by atoms with E-state index in [1.165, 1.54) is 0 Å². The van der Waals surface area contributed by atoms with E-state index >= 15 is 0 Å². The summed E-state index contributed by atoms with van der Waals surface area (Å²) >= 11 is 3.49. The first-order valence-corrected chi connectivity index (χ1v) is 7.03. The predicted octanol–water partition coefficient (Wildman–Crippen LogP) is 0.870. The Morgan fingerprint density at radius 3 is 2.84 bits per heavy atom. The lowest BCUT2D eigenvalue weighted by atomic mass is 10.2. The number of halogens is 1. The molecule has 0 spiro atoms. The van der Waals surface area contributed by atoms with Crippen LogP contribution < -0.4 is 5.73 Å². The molecule has 110 valence electrons. The van der Waals surface area contributed by atoms with Crippen LogP contribution in [0.2, 0.25) is 0 Å². The van der Waals surface area contributed by atoms with Gasteiger partial charge in [-0.2, -0.15) is 5.10 Å². The largest absolute Gasteiger partial charge is 0.382 e. The Balaban J connectivity index is 2.56. The van der Waals surface area contributed by atoms with Crippen molar-refractivity contribution in [2.24, 2.45) is 5.73 Å². The molecule has 0 bridgehead atoms. The monoisotopic (exact) mass is 334 g/mol. The lowest BCUT2D eigenvalue weighted by Gasteiger charge is -2.17. The summed E-state index contributed by atoms with van der Waals surface area (Å²) in [5.41, 5.74) is 7.13. The van der Waals surface area contributed by atoms with Gasteiger partial charge in [0.2, 0.25) is 0 Å². The Kier molecular flexibility index (Phi) is 7.55. The van der Waals surface area contributed by atoms with Gasteiger partial charge >= 0.3 is 0 Å². The molecule has 1 heterocycles. The molecule has 0 aliphatic heterocycles. The quantitative estimate of drug-likeness (QED) is 0.679. The second-order valence-electron chi connectivity index (χ2n) is 4.58. The van der Waals surface area contributed by atoms with E-state index in [0.717, 1.165) is 23.3 Å². The second kappa shape index (κ2) is 8.65. The number of likely N-dealkylation sites (N-methyl/N-ethyl adjacent to an activating group) is 1. The van der Waals surface area contributed by atoms with Crippen LogP contribution in [-0.4, -0.2) is 62.3 Å². The third-order valence-electron chi connectivity index (χ3n) is 2.67. The summed E-state index contributed by atoms with van der Waals surface area (Å²) in [5.74, 6) is 0. The average molecular weight is 335 g/mol. The highest BCUT2D eigenvalue weighted by atomic mass is 79.9. The Morgan fingerprint density at radius 2 is 2.21 bits per heavy atom. The number of rotatable bonds is 9. The zero-order valence-electron chi connectivity index (χ0n) is 11.8. The highest BCUT2D eigenvalue weighted by molar-refractivity contribution is 9.10. The number of nitrogens with zero attached hydrogens (tertiary/aromatic N) is 3. The third-order valence-corrected chi connectivity index (χ3v) is 3.28. The van der Waals surface area contributed by atoms with Gasteiger partial charge in [-0.3, -0.25) is 4.68 Å². The van der Waals surface area contributed by atoms with Gasteiger partial charge in [-0.05, 0) is 30.0 Å². The fourth-order valence-electron chi connectivity index (χ4n) is 1.64. The number of hydrogen-bond donors (Lipinski definition) is 1. The topological polar surface area (TPSA) is 65.5 Å². The summed E-state index contributed by atoms with van der Waals surface area (Å²) < 4.78 is 13.3. The van der Waals surface area contributed by atoms with Crippen LogP contribution in [-0.2, 0) is 16.0 Å². The van der Waals surface area contributed by atoms with Gasteiger partial charge in [0, 0.05) is 13.7 Å². The van der Waals surface area contributed by atoms with Crippen molar-refractivity contribution >= 4 is 15.9 Å². The number of aromatic nitrogens is 2. The molecule has 0 radical (unpaired) electrons. The van der Waals surface area contributed by atoms with Crippen LogP contribution in [0.1, 0.15) is 11.7 Å². The maximum absolute atomic E-state index is 6.16. The Hall–Kier alpha value is -0.470. The van der Waals surface area contributed by atoms with Crippen molar-refractivity contribution in [3.63, 3.8) is 0 Å². The number of ether oxygens (including phenoxy) is 2. The standard InChI is InChI=1S/C12H23BrN4O2/c1-16(2)4-5-17-12(10(13)8-15-17)11(14)9-19-7-6-18-3/h8,11H,4-7,9,14H2,1-3H3. The summed E-state index contributed by atoms with van der Waals surface area (Å²) in [5, 5.41) is 4.34. The van der Waals surface area contributed by atoms with E-state index in [0.29, 0.717) is 19.8 Å². The van der Waals surface area contributed by atoms with Gasteiger partial charge in [0.15, 0.2) is 0 Å². The van der Waals surface area contributed by atoms with Crippen molar-refractivity contribution in [2.45, 2.75) is 12.6 Å². The SMILES string of the molecule is COCCOCC(N)c1c(Br)cnn1CCN(C)C. The predicted molar refractivity (Wildman–Crippen MR) is 78.1 cm³/mol. The number of nitrogens with two attached hydrogens (primary N) is 1. The van der Waals surface area contributed by atoms with Gasteiger partial charge in [-0.1, -0.05) is 0 Å². The Bertz CT molecular complexity index is 371. The fraction of sp³-hybridized carbons (Fsp3) is 0.750. The maximum atomic E-state index is 6.16. The van der Waals surface area contributed by atoms with E-state index in [1.807, 2.05) is 18.8 Å². The molecule has 0 fully saturated rings. The Labute approximate surface area is 123 Å². The molecule has 0 aromatic carbocycles. The van der Waals surface area contributed by atoms with E-state index < -0.39 is 0 Å². The minimum absolute atomic E-state index is 0.198. The number of methoxy groups -OCH3 is 1. The first kappa shape index (κ1) is 16.6. The molecule has 0 amide bonds. The van der Waals surface area contributed by atoms with Gasteiger partial charge in [0.1, 0.15) is 0 Å². The summed E-state index contributed by atoms with van der Waals surface area (Å²) in [6.07, 6.45) is 1.78. The zero-order chi connectivity index (χ0) is 14.3. The fourth-order valence-corrected chi connectivity index (χ4v) is 2.24.